The van der Waals surface area contributed by atoms with Crippen LogP contribution in [0.5, 0.6) is 5.75 Å². The summed E-state index contributed by atoms with van der Waals surface area (Å²) < 4.78 is 30.8. The number of amides is 1. The van der Waals surface area contributed by atoms with E-state index in [0.717, 1.165) is 10.4 Å². The van der Waals surface area contributed by atoms with Crippen LogP contribution in [-0.2, 0) is 20.4 Å². The van der Waals surface area contributed by atoms with E-state index in [4.69, 9.17) is 16.3 Å². The monoisotopic (exact) mass is 424 g/mol. The minimum absolute atomic E-state index is 0.227. The first-order valence-electron chi connectivity index (χ1n) is 8.13. The molecule has 0 radical (unpaired) electrons. The van der Waals surface area contributed by atoms with Gasteiger partial charge in [0.25, 0.3) is 0 Å². The third kappa shape index (κ3) is 5.41. The first-order chi connectivity index (χ1) is 12.8. The molecule has 0 spiro atoms. The predicted molar refractivity (Wildman–Crippen MR) is 108 cm³/mol. The lowest BCUT2D eigenvalue weighted by atomic mass is 10.2. The summed E-state index contributed by atoms with van der Waals surface area (Å²) in [6, 6.07) is 11.9. The van der Waals surface area contributed by atoms with Gasteiger partial charge in [-0.2, -0.15) is 0 Å². The van der Waals surface area contributed by atoms with Gasteiger partial charge in [-0.25, -0.2) is 13.4 Å². The van der Waals surface area contributed by atoms with E-state index < -0.39 is 21.5 Å². The van der Waals surface area contributed by atoms with Crippen LogP contribution in [0.1, 0.15) is 12.5 Å². The Bertz CT molecular complexity index is 1060. The van der Waals surface area contributed by atoms with Gasteiger partial charge in [0.15, 0.2) is 15.0 Å². The lowest BCUT2D eigenvalue weighted by molar-refractivity contribution is -0.113. The first kappa shape index (κ1) is 19.6. The molecule has 0 aliphatic heterocycles. The highest BCUT2D eigenvalue weighted by Crippen LogP contribution is 2.29. The van der Waals surface area contributed by atoms with Crippen molar-refractivity contribution in [3.05, 3.63) is 53.1 Å². The molecule has 27 heavy (non-hydrogen) atoms. The van der Waals surface area contributed by atoms with Gasteiger partial charge in [-0.15, -0.1) is 0 Å². The number of rotatable bonds is 7. The molecule has 1 aromatic heterocycles. The maximum atomic E-state index is 12.2. The molecule has 9 heteroatoms. The molecule has 2 aromatic carbocycles. The minimum atomic E-state index is -3.61. The zero-order valence-electron chi connectivity index (χ0n) is 14.4. The molecule has 0 saturated carbocycles. The smallest absolute Gasteiger partial charge is 0.241 e. The predicted octanol–water partition coefficient (Wildman–Crippen LogP) is 3.90. The van der Waals surface area contributed by atoms with Crippen molar-refractivity contribution in [3.8, 4) is 5.75 Å². The molecule has 0 saturated heterocycles. The Kier molecular flexibility index (Phi) is 5.98. The maximum absolute atomic E-state index is 12.2. The summed E-state index contributed by atoms with van der Waals surface area (Å²) in [5.41, 5.74) is 1.29. The van der Waals surface area contributed by atoms with Gasteiger partial charge in [-0.1, -0.05) is 35.1 Å². The van der Waals surface area contributed by atoms with Crippen LogP contribution >= 0.6 is 22.9 Å². The van der Waals surface area contributed by atoms with Crippen molar-refractivity contribution in [2.45, 2.75) is 12.7 Å². The Morgan fingerprint density at radius 2 is 1.96 bits per heavy atom. The van der Waals surface area contributed by atoms with Crippen LogP contribution in [-0.4, -0.2) is 31.7 Å². The first-order valence-corrected chi connectivity index (χ1v) is 11.1. The van der Waals surface area contributed by atoms with Crippen LogP contribution < -0.4 is 10.1 Å². The van der Waals surface area contributed by atoms with E-state index in [1.165, 1.54) is 11.3 Å². The number of sulfone groups is 1. The van der Waals surface area contributed by atoms with Gasteiger partial charge in [-0.05, 0) is 42.8 Å². The molecule has 0 bridgehead atoms. The summed E-state index contributed by atoms with van der Waals surface area (Å²) >= 11 is 7.06. The average molecular weight is 425 g/mol. The topological polar surface area (TPSA) is 85.4 Å². The molecule has 3 rings (SSSR count). The number of nitrogens with one attached hydrogen (secondary N) is 1. The second kappa shape index (κ2) is 8.24. The molecule has 0 atom stereocenters. The summed E-state index contributed by atoms with van der Waals surface area (Å²) in [6.45, 7) is 2.45. The maximum Gasteiger partial charge on any atom is 0.241 e. The standard InChI is InChI=1S/C18H17ClN2O4S2/c1-2-25-14-7-8-15-16(9-14)26-18(20-15)21-17(22)11-27(23,24)10-12-3-5-13(19)6-4-12/h3-9H,2,10-11H2,1H3,(H,20,21,22). The van der Waals surface area contributed by atoms with Crippen LogP contribution in [0.3, 0.4) is 0 Å². The van der Waals surface area contributed by atoms with Crippen LogP contribution in [0, 0.1) is 0 Å². The normalized spacial score (nSPS) is 11.5. The zero-order valence-corrected chi connectivity index (χ0v) is 16.8. The van der Waals surface area contributed by atoms with E-state index in [1.54, 1.807) is 36.4 Å². The number of fused-ring (bicyclic) bond motifs is 1. The molecule has 0 unspecified atom stereocenters. The largest absolute Gasteiger partial charge is 0.494 e. The molecular formula is C18H17ClN2O4S2. The van der Waals surface area contributed by atoms with Gasteiger partial charge in [0.1, 0.15) is 11.5 Å². The fraction of sp³-hybridized carbons (Fsp3) is 0.222. The second-order valence-electron chi connectivity index (χ2n) is 5.79. The molecule has 0 fully saturated rings. The van der Waals surface area contributed by atoms with E-state index in [2.05, 4.69) is 10.3 Å². The van der Waals surface area contributed by atoms with Crippen molar-refractivity contribution >= 4 is 54.0 Å². The molecule has 1 heterocycles. The number of carbonyl (C=O) groups is 1. The van der Waals surface area contributed by atoms with Crippen molar-refractivity contribution in [2.75, 3.05) is 17.7 Å². The Hall–Kier alpha value is -2.16. The molecule has 1 amide bonds. The number of ether oxygens (including phenoxy) is 1. The fourth-order valence-corrected chi connectivity index (χ4v) is 4.77. The summed E-state index contributed by atoms with van der Waals surface area (Å²) in [6.07, 6.45) is 0. The van der Waals surface area contributed by atoms with Crippen LogP contribution in [0.4, 0.5) is 5.13 Å². The van der Waals surface area contributed by atoms with Crippen LogP contribution in [0.2, 0.25) is 5.02 Å². The molecule has 0 aliphatic carbocycles. The lowest BCUT2D eigenvalue weighted by Gasteiger charge is -2.05. The number of benzene rings is 2. The van der Waals surface area contributed by atoms with Crippen molar-refractivity contribution in [3.63, 3.8) is 0 Å². The van der Waals surface area contributed by atoms with Crippen LogP contribution in [0.15, 0.2) is 42.5 Å². The highest BCUT2D eigenvalue weighted by molar-refractivity contribution is 7.91. The van der Waals surface area contributed by atoms with E-state index in [0.29, 0.717) is 27.8 Å². The Morgan fingerprint density at radius 3 is 2.67 bits per heavy atom. The van der Waals surface area contributed by atoms with Gasteiger partial charge in [0.05, 0.1) is 22.6 Å². The van der Waals surface area contributed by atoms with Gasteiger partial charge in [0.2, 0.25) is 5.91 Å². The Labute approximate surface area is 166 Å². The van der Waals surface area contributed by atoms with Gasteiger partial charge in [0, 0.05) is 5.02 Å². The highest BCUT2D eigenvalue weighted by atomic mass is 35.5. The summed E-state index contributed by atoms with van der Waals surface area (Å²) in [5.74, 6) is -0.740. The number of hydrogen-bond acceptors (Lipinski definition) is 6. The lowest BCUT2D eigenvalue weighted by Crippen LogP contribution is -2.23. The number of halogens is 1. The average Bonchev–Trinajstić information content (AvgIpc) is 2.97. The number of nitrogens with zero attached hydrogens (tertiary/aromatic N) is 1. The zero-order chi connectivity index (χ0) is 19.4. The van der Waals surface area contributed by atoms with Crippen molar-refractivity contribution in [2.24, 2.45) is 0 Å². The third-order valence-corrected chi connectivity index (χ3v) is 6.23. The molecule has 142 valence electrons. The van der Waals surface area contributed by atoms with Crippen molar-refractivity contribution in [1.29, 1.82) is 0 Å². The van der Waals surface area contributed by atoms with E-state index >= 15 is 0 Å². The van der Waals surface area contributed by atoms with E-state index in [-0.39, 0.29) is 5.75 Å². The summed E-state index contributed by atoms with van der Waals surface area (Å²) in [5, 5.41) is 3.44. The van der Waals surface area contributed by atoms with Gasteiger partial charge in [-0.3, -0.25) is 4.79 Å². The summed E-state index contributed by atoms with van der Waals surface area (Å²) in [4.78, 5) is 16.4. The molecule has 3 aromatic rings. The Balaban J connectivity index is 1.65. The van der Waals surface area contributed by atoms with Gasteiger partial charge >= 0.3 is 0 Å². The van der Waals surface area contributed by atoms with Crippen molar-refractivity contribution in [1.82, 2.24) is 4.98 Å². The Morgan fingerprint density at radius 1 is 1.22 bits per heavy atom. The summed E-state index contributed by atoms with van der Waals surface area (Å²) in [7, 11) is -3.61. The third-order valence-electron chi connectivity index (χ3n) is 3.57. The minimum Gasteiger partial charge on any atom is -0.494 e. The van der Waals surface area contributed by atoms with Gasteiger partial charge < -0.3 is 10.1 Å². The quantitative estimate of drug-likeness (QED) is 0.621. The molecule has 0 aliphatic rings. The number of carbonyl (C=O) groups excluding carboxylic acids is 1. The number of hydrogen-bond donors (Lipinski definition) is 1. The van der Waals surface area contributed by atoms with E-state index in [9.17, 15) is 13.2 Å². The molecular weight excluding hydrogens is 408 g/mol. The number of aromatic nitrogens is 1. The number of anilines is 1. The van der Waals surface area contributed by atoms with E-state index in [1.807, 2.05) is 13.0 Å². The SMILES string of the molecule is CCOc1ccc2nc(NC(=O)CS(=O)(=O)Cc3ccc(Cl)cc3)sc2c1. The molecule has 6 nitrogen and oxygen atoms in total. The molecule has 1 N–H and O–H groups in total. The number of thiazole rings is 1. The van der Waals surface area contributed by atoms with Crippen LogP contribution in [0.25, 0.3) is 10.2 Å². The highest BCUT2D eigenvalue weighted by Gasteiger charge is 2.19. The fourth-order valence-electron chi connectivity index (χ4n) is 2.46. The second-order valence-corrected chi connectivity index (χ2v) is 9.32. The van der Waals surface area contributed by atoms with Crippen molar-refractivity contribution < 1.29 is 17.9 Å².